The highest BCUT2D eigenvalue weighted by Crippen LogP contribution is 2.28. The van der Waals surface area contributed by atoms with E-state index < -0.39 is 11.7 Å². The van der Waals surface area contributed by atoms with E-state index in [0.29, 0.717) is 12.8 Å². The zero-order valence-corrected chi connectivity index (χ0v) is 13.5. The molecule has 1 heterocycles. The van der Waals surface area contributed by atoms with Crippen molar-refractivity contribution in [2.45, 2.75) is 39.2 Å². The normalized spacial score (nSPS) is 19.0. The summed E-state index contributed by atoms with van der Waals surface area (Å²) in [6.07, 6.45) is 1.27. The Morgan fingerprint density at radius 1 is 1.52 bits per heavy atom. The van der Waals surface area contributed by atoms with E-state index in [1.54, 1.807) is 19.1 Å². The van der Waals surface area contributed by atoms with Crippen LogP contribution in [0.2, 0.25) is 0 Å². The van der Waals surface area contributed by atoms with E-state index >= 15 is 0 Å². The Balaban J connectivity index is 2.05. The van der Waals surface area contributed by atoms with Gasteiger partial charge in [-0.25, -0.2) is 4.39 Å². The molecule has 1 aliphatic rings. The molecule has 2 rings (SSSR count). The first-order valence-corrected chi connectivity index (χ1v) is 7.94. The Labute approximate surface area is 135 Å². The third-order valence-corrected chi connectivity index (χ3v) is 4.21. The highest BCUT2D eigenvalue weighted by molar-refractivity contribution is 6.00. The fraction of sp³-hybridized carbons (Fsp3) is 0.529. The van der Waals surface area contributed by atoms with E-state index in [-0.39, 0.29) is 43.1 Å². The SMILES string of the molecule is CCC(CCO)NC(=O)C1CC(=O)N(c2ccc(C)cc2F)C1. The lowest BCUT2D eigenvalue weighted by atomic mass is 10.1. The molecule has 0 saturated carbocycles. The predicted octanol–water partition coefficient (Wildman–Crippen LogP) is 1.76. The number of aliphatic hydroxyl groups excluding tert-OH is 1. The summed E-state index contributed by atoms with van der Waals surface area (Å²) in [5.41, 5.74) is 1.00. The average molecular weight is 322 g/mol. The summed E-state index contributed by atoms with van der Waals surface area (Å²) in [5.74, 6) is -1.40. The van der Waals surface area contributed by atoms with Crippen LogP contribution in [-0.4, -0.2) is 36.1 Å². The van der Waals surface area contributed by atoms with Gasteiger partial charge in [0.15, 0.2) is 0 Å². The van der Waals surface area contributed by atoms with Crippen molar-refractivity contribution in [2.24, 2.45) is 5.92 Å². The molecule has 5 nitrogen and oxygen atoms in total. The molecule has 0 spiro atoms. The number of anilines is 1. The molecule has 1 aromatic rings. The molecule has 1 fully saturated rings. The topological polar surface area (TPSA) is 69.6 Å². The van der Waals surface area contributed by atoms with Gasteiger partial charge in [-0.15, -0.1) is 0 Å². The number of hydrogen-bond donors (Lipinski definition) is 2. The van der Waals surface area contributed by atoms with E-state index in [9.17, 15) is 14.0 Å². The van der Waals surface area contributed by atoms with Crippen molar-refractivity contribution in [1.29, 1.82) is 0 Å². The quantitative estimate of drug-likeness (QED) is 0.838. The van der Waals surface area contributed by atoms with E-state index in [4.69, 9.17) is 5.11 Å². The van der Waals surface area contributed by atoms with Crippen molar-refractivity contribution in [3.63, 3.8) is 0 Å². The second kappa shape index (κ2) is 7.55. The highest BCUT2D eigenvalue weighted by Gasteiger charge is 2.36. The number of carbonyl (C=O) groups is 2. The van der Waals surface area contributed by atoms with Gasteiger partial charge < -0.3 is 15.3 Å². The molecule has 1 aromatic carbocycles. The third-order valence-electron chi connectivity index (χ3n) is 4.21. The van der Waals surface area contributed by atoms with Gasteiger partial charge in [-0.2, -0.15) is 0 Å². The van der Waals surface area contributed by atoms with Crippen LogP contribution in [0.3, 0.4) is 0 Å². The molecule has 2 N–H and O–H groups in total. The van der Waals surface area contributed by atoms with Crippen molar-refractivity contribution in [1.82, 2.24) is 5.32 Å². The Bertz CT molecular complexity index is 591. The minimum atomic E-state index is -0.490. The molecular weight excluding hydrogens is 299 g/mol. The Kier molecular flexibility index (Phi) is 5.71. The first kappa shape index (κ1) is 17.4. The summed E-state index contributed by atoms with van der Waals surface area (Å²) < 4.78 is 14.0. The van der Waals surface area contributed by atoms with Gasteiger partial charge in [0.2, 0.25) is 11.8 Å². The minimum absolute atomic E-state index is 0.00306. The maximum absolute atomic E-state index is 14.0. The third kappa shape index (κ3) is 4.07. The Morgan fingerprint density at radius 2 is 2.26 bits per heavy atom. The van der Waals surface area contributed by atoms with Crippen molar-refractivity contribution < 1.29 is 19.1 Å². The van der Waals surface area contributed by atoms with Crippen LogP contribution in [0.1, 0.15) is 31.7 Å². The smallest absolute Gasteiger partial charge is 0.227 e. The van der Waals surface area contributed by atoms with E-state index in [1.165, 1.54) is 11.0 Å². The number of aryl methyl sites for hydroxylation is 1. The summed E-state index contributed by atoms with van der Waals surface area (Å²) in [5, 5.41) is 11.8. The van der Waals surface area contributed by atoms with Crippen molar-refractivity contribution >= 4 is 17.5 Å². The lowest BCUT2D eigenvalue weighted by Gasteiger charge is -2.20. The van der Waals surface area contributed by atoms with Gasteiger partial charge in [0.25, 0.3) is 0 Å². The number of amides is 2. The minimum Gasteiger partial charge on any atom is -0.396 e. The first-order chi connectivity index (χ1) is 11.0. The number of nitrogens with zero attached hydrogens (tertiary/aromatic N) is 1. The first-order valence-electron chi connectivity index (χ1n) is 7.94. The number of carbonyl (C=O) groups excluding carboxylic acids is 2. The fourth-order valence-electron chi connectivity index (χ4n) is 2.80. The molecule has 2 amide bonds. The van der Waals surface area contributed by atoms with Crippen LogP contribution < -0.4 is 10.2 Å². The van der Waals surface area contributed by atoms with Gasteiger partial charge in [0, 0.05) is 25.6 Å². The molecular formula is C17H23FN2O3. The molecule has 0 aromatic heterocycles. The molecule has 2 unspecified atom stereocenters. The number of aliphatic hydroxyl groups is 1. The molecule has 23 heavy (non-hydrogen) atoms. The maximum atomic E-state index is 14.0. The number of rotatable bonds is 6. The van der Waals surface area contributed by atoms with Crippen LogP contribution in [0.5, 0.6) is 0 Å². The second-order valence-corrected chi connectivity index (χ2v) is 5.99. The van der Waals surface area contributed by atoms with Crippen LogP contribution in [0.15, 0.2) is 18.2 Å². The Morgan fingerprint density at radius 3 is 2.87 bits per heavy atom. The highest BCUT2D eigenvalue weighted by atomic mass is 19.1. The summed E-state index contributed by atoms with van der Waals surface area (Å²) in [4.78, 5) is 25.8. The van der Waals surface area contributed by atoms with Gasteiger partial charge in [0.05, 0.1) is 11.6 Å². The molecule has 0 radical (unpaired) electrons. The standard InChI is InChI=1S/C17H23FN2O3/c1-3-13(6-7-21)19-17(23)12-9-16(22)20(10-12)15-5-4-11(2)8-14(15)18/h4-5,8,12-13,21H,3,6-7,9-10H2,1-2H3,(H,19,23). The van der Waals surface area contributed by atoms with Crippen molar-refractivity contribution in [3.05, 3.63) is 29.6 Å². The zero-order valence-electron chi connectivity index (χ0n) is 13.5. The average Bonchev–Trinajstić information content (AvgIpc) is 2.88. The monoisotopic (exact) mass is 322 g/mol. The van der Waals surface area contributed by atoms with Crippen LogP contribution in [0.4, 0.5) is 10.1 Å². The fourth-order valence-corrected chi connectivity index (χ4v) is 2.80. The van der Waals surface area contributed by atoms with E-state index in [2.05, 4.69) is 5.32 Å². The number of hydrogen-bond acceptors (Lipinski definition) is 3. The number of benzene rings is 1. The largest absolute Gasteiger partial charge is 0.396 e. The molecule has 126 valence electrons. The molecule has 0 aliphatic carbocycles. The molecule has 6 heteroatoms. The van der Waals surface area contributed by atoms with Crippen LogP contribution in [0, 0.1) is 18.7 Å². The van der Waals surface area contributed by atoms with Crippen molar-refractivity contribution in [3.8, 4) is 0 Å². The molecule has 2 atom stereocenters. The van der Waals surface area contributed by atoms with Gasteiger partial charge in [-0.3, -0.25) is 9.59 Å². The summed E-state index contributed by atoms with van der Waals surface area (Å²) >= 11 is 0. The lowest BCUT2D eigenvalue weighted by molar-refractivity contribution is -0.127. The van der Waals surface area contributed by atoms with Crippen LogP contribution in [-0.2, 0) is 9.59 Å². The molecule has 1 aliphatic heterocycles. The van der Waals surface area contributed by atoms with E-state index in [0.717, 1.165) is 5.56 Å². The van der Waals surface area contributed by atoms with Gasteiger partial charge in [0.1, 0.15) is 5.82 Å². The van der Waals surface area contributed by atoms with Crippen molar-refractivity contribution in [2.75, 3.05) is 18.1 Å². The van der Waals surface area contributed by atoms with E-state index in [1.807, 2.05) is 6.92 Å². The van der Waals surface area contributed by atoms with Gasteiger partial charge in [-0.1, -0.05) is 13.0 Å². The zero-order chi connectivity index (χ0) is 17.0. The summed E-state index contributed by atoms with van der Waals surface area (Å²) in [6.45, 7) is 3.89. The van der Waals surface area contributed by atoms with Gasteiger partial charge in [-0.05, 0) is 37.5 Å². The maximum Gasteiger partial charge on any atom is 0.227 e. The summed E-state index contributed by atoms with van der Waals surface area (Å²) in [7, 11) is 0. The van der Waals surface area contributed by atoms with Crippen LogP contribution >= 0.6 is 0 Å². The predicted molar refractivity (Wildman–Crippen MR) is 85.5 cm³/mol. The molecule has 0 bridgehead atoms. The lowest BCUT2D eigenvalue weighted by Crippen LogP contribution is -2.40. The second-order valence-electron chi connectivity index (χ2n) is 5.99. The molecule has 1 saturated heterocycles. The van der Waals surface area contributed by atoms with Crippen LogP contribution in [0.25, 0.3) is 0 Å². The van der Waals surface area contributed by atoms with Gasteiger partial charge >= 0.3 is 0 Å². The number of nitrogens with one attached hydrogen (secondary N) is 1. The Hall–Kier alpha value is -1.95. The number of halogens is 1. The summed E-state index contributed by atoms with van der Waals surface area (Å²) in [6, 6.07) is 4.59.